The van der Waals surface area contributed by atoms with E-state index in [-0.39, 0.29) is 16.7 Å². The van der Waals surface area contributed by atoms with Gasteiger partial charge in [-0.2, -0.15) is 0 Å². The molecule has 1 aliphatic rings. The standard InChI is InChI=1S/C20H28N2O3/c1-7-17(8-2)21-16(6)9-10-18(22(23)24)20(21)25-19-14(4)11-13(3)12-15(19)5/h9-12,17,20H,7-8H2,1-6H3. The highest BCUT2D eigenvalue weighted by Gasteiger charge is 2.38. The van der Waals surface area contributed by atoms with Gasteiger partial charge in [-0.15, -0.1) is 0 Å². The Balaban J connectivity index is 2.50. The number of benzene rings is 1. The van der Waals surface area contributed by atoms with Crippen LogP contribution in [0.2, 0.25) is 0 Å². The third-order valence-corrected chi connectivity index (χ3v) is 4.79. The van der Waals surface area contributed by atoms with Crippen LogP contribution in [0.5, 0.6) is 5.75 Å². The number of hydrogen-bond donors (Lipinski definition) is 0. The Morgan fingerprint density at radius 1 is 1.12 bits per heavy atom. The van der Waals surface area contributed by atoms with Crippen molar-refractivity contribution in [1.82, 2.24) is 4.90 Å². The van der Waals surface area contributed by atoms with Crippen molar-refractivity contribution in [3.63, 3.8) is 0 Å². The number of rotatable bonds is 6. The zero-order chi connectivity index (χ0) is 18.7. The average Bonchev–Trinajstić information content (AvgIpc) is 2.53. The van der Waals surface area contributed by atoms with Crippen molar-refractivity contribution in [1.29, 1.82) is 0 Å². The lowest BCUT2D eigenvalue weighted by Crippen LogP contribution is -2.48. The molecule has 0 aromatic heterocycles. The van der Waals surface area contributed by atoms with E-state index in [9.17, 15) is 10.1 Å². The van der Waals surface area contributed by atoms with Gasteiger partial charge in [0, 0.05) is 17.8 Å². The van der Waals surface area contributed by atoms with Crippen LogP contribution in [0.4, 0.5) is 0 Å². The van der Waals surface area contributed by atoms with Crippen molar-refractivity contribution in [2.75, 3.05) is 0 Å². The van der Waals surface area contributed by atoms with Crippen LogP contribution < -0.4 is 4.74 Å². The summed E-state index contributed by atoms with van der Waals surface area (Å²) in [5.41, 5.74) is 4.22. The zero-order valence-corrected chi connectivity index (χ0v) is 16.0. The Morgan fingerprint density at radius 2 is 1.68 bits per heavy atom. The van der Waals surface area contributed by atoms with Crippen LogP contribution in [0.3, 0.4) is 0 Å². The first-order valence-corrected chi connectivity index (χ1v) is 8.85. The van der Waals surface area contributed by atoms with E-state index in [2.05, 4.69) is 18.7 Å². The summed E-state index contributed by atoms with van der Waals surface area (Å²) in [6.45, 7) is 12.2. The maximum absolute atomic E-state index is 11.6. The van der Waals surface area contributed by atoms with E-state index >= 15 is 0 Å². The first kappa shape index (κ1) is 19.0. The Bertz CT molecular complexity index is 695. The van der Waals surface area contributed by atoms with Gasteiger partial charge in [-0.1, -0.05) is 31.5 Å². The molecule has 25 heavy (non-hydrogen) atoms. The molecule has 5 heteroatoms. The minimum absolute atomic E-state index is 0.0804. The number of ether oxygens (including phenoxy) is 1. The third kappa shape index (κ3) is 3.86. The number of nitrogens with zero attached hydrogens (tertiary/aromatic N) is 2. The van der Waals surface area contributed by atoms with Gasteiger partial charge in [-0.05, 0) is 57.7 Å². The smallest absolute Gasteiger partial charge is 0.307 e. The molecule has 0 fully saturated rings. The van der Waals surface area contributed by atoms with Crippen LogP contribution in [0, 0.1) is 30.9 Å². The zero-order valence-electron chi connectivity index (χ0n) is 16.0. The van der Waals surface area contributed by atoms with Crippen molar-refractivity contribution < 1.29 is 9.66 Å². The van der Waals surface area contributed by atoms with Crippen molar-refractivity contribution in [3.05, 3.63) is 62.5 Å². The molecule has 0 aliphatic carbocycles. The second-order valence-corrected chi connectivity index (χ2v) is 6.73. The first-order valence-electron chi connectivity index (χ1n) is 8.85. The highest BCUT2D eigenvalue weighted by molar-refractivity contribution is 5.43. The highest BCUT2D eigenvalue weighted by Crippen LogP contribution is 2.33. The van der Waals surface area contributed by atoms with Gasteiger partial charge in [0.15, 0.2) is 0 Å². The second kappa shape index (κ2) is 7.72. The summed E-state index contributed by atoms with van der Waals surface area (Å²) in [6.07, 6.45) is 4.46. The molecule has 5 nitrogen and oxygen atoms in total. The summed E-state index contributed by atoms with van der Waals surface area (Å²) < 4.78 is 6.29. The summed E-state index contributed by atoms with van der Waals surface area (Å²) in [7, 11) is 0. The maximum atomic E-state index is 11.6. The molecule has 1 unspecified atom stereocenters. The molecule has 0 N–H and O–H groups in total. The van der Waals surface area contributed by atoms with Gasteiger partial charge < -0.3 is 9.64 Å². The predicted molar refractivity (Wildman–Crippen MR) is 100 cm³/mol. The Kier molecular flexibility index (Phi) is 5.88. The van der Waals surface area contributed by atoms with Crippen molar-refractivity contribution >= 4 is 0 Å². The van der Waals surface area contributed by atoms with Crippen LogP contribution in [-0.2, 0) is 0 Å². The van der Waals surface area contributed by atoms with Crippen molar-refractivity contribution in [2.24, 2.45) is 0 Å². The Morgan fingerprint density at radius 3 is 2.16 bits per heavy atom. The molecule has 0 saturated carbocycles. The summed E-state index contributed by atoms with van der Waals surface area (Å²) in [4.78, 5) is 13.4. The van der Waals surface area contributed by atoms with E-state index in [1.54, 1.807) is 6.08 Å². The van der Waals surface area contributed by atoms with Crippen LogP contribution in [0.15, 0.2) is 35.7 Å². The number of aryl methyl sites for hydroxylation is 3. The molecule has 136 valence electrons. The summed E-state index contributed by atoms with van der Waals surface area (Å²) >= 11 is 0. The fourth-order valence-electron chi connectivity index (χ4n) is 3.60. The van der Waals surface area contributed by atoms with E-state index in [1.807, 2.05) is 45.9 Å². The Labute approximate surface area is 150 Å². The molecule has 2 rings (SSSR count). The molecule has 1 atom stereocenters. The van der Waals surface area contributed by atoms with E-state index in [4.69, 9.17) is 4.74 Å². The van der Waals surface area contributed by atoms with Gasteiger partial charge in [0.2, 0.25) is 0 Å². The van der Waals surface area contributed by atoms with Gasteiger partial charge in [0.25, 0.3) is 6.23 Å². The topological polar surface area (TPSA) is 55.6 Å². The van der Waals surface area contributed by atoms with Gasteiger partial charge in [0.05, 0.1) is 4.92 Å². The lowest BCUT2D eigenvalue weighted by molar-refractivity contribution is -0.440. The lowest BCUT2D eigenvalue weighted by Gasteiger charge is -2.40. The fraction of sp³-hybridized carbons (Fsp3) is 0.500. The van der Waals surface area contributed by atoms with E-state index in [0.717, 1.165) is 41.0 Å². The minimum atomic E-state index is -0.718. The largest absolute Gasteiger partial charge is 0.459 e. The Hall–Kier alpha value is -2.30. The number of nitro groups is 1. The van der Waals surface area contributed by atoms with Crippen molar-refractivity contribution in [3.8, 4) is 5.75 Å². The number of allylic oxidation sites excluding steroid dienone is 3. The van der Waals surface area contributed by atoms with Crippen molar-refractivity contribution in [2.45, 2.75) is 66.7 Å². The first-order chi connectivity index (χ1) is 11.8. The normalized spacial score (nSPS) is 17.4. The molecular formula is C20H28N2O3. The molecule has 1 heterocycles. The minimum Gasteiger partial charge on any atom is -0.459 e. The van der Waals surface area contributed by atoms with Gasteiger partial charge in [-0.25, -0.2) is 0 Å². The highest BCUT2D eigenvalue weighted by atomic mass is 16.6. The SMILES string of the molecule is CCC(CC)N1C(C)=CC=C([N+](=O)[O-])C1Oc1c(C)cc(C)cc1C. The van der Waals surface area contributed by atoms with Crippen LogP contribution >= 0.6 is 0 Å². The van der Waals surface area contributed by atoms with E-state index in [1.165, 1.54) is 0 Å². The third-order valence-electron chi connectivity index (χ3n) is 4.79. The quantitative estimate of drug-likeness (QED) is 0.545. The molecule has 1 aromatic carbocycles. The molecule has 0 saturated heterocycles. The van der Waals surface area contributed by atoms with Crippen LogP contribution in [0.25, 0.3) is 0 Å². The molecule has 1 aliphatic heterocycles. The number of hydrogen-bond acceptors (Lipinski definition) is 4. The average molecular weight is 344 g/mol. The molecular weight excluding hydrogens is 316 g/mol. The van der Waals surface area contributed by atoms with E-state index < -0.39 is 6.23 Å². The van der Waals surface area contributed by atoms with Crippen LogP contribution in [0.1, 0.15) is 50.3 Å². The molecule has 0 amide bonds. The molecule has 1 aromatic rings. The van der Waals surface area contributed by atoms with E-state index in [0.29, 0.717) is 0 Å². The molecule has 0 radical (unpaired) electrons. The molecule has 0 bridgehead atoms. The monoisotopic (exact) mass is 344 g/mol. The maximum Gasteiger partial charge on any atom is 0.307 e. The second-order valence-electron chi connectivity index (χ2n) is 6.73. The lowest BCUT2D eigenvalue weighted by atomic mass is 10.0. The van der Waals surface area contributed by atoms with Gasteiger partial charge >= 0.3 is 5.70 Å². The van der Waals surface area contributed by atoms with Gasteiger partial charge in [-0.3, -0.25) is 10.1 Å². The fourth-order valence-corrected chi connectivity index (χ4v) is 3.60. The van der Waals surface area contributed by atoms with Crippen LogP contribution in [-0.4, -0.2) is 22.1 Å². The van der Waals surface area contributed by atoms with Gasteiger partial charge in [0.1, 0.15) is 5.75 Å². The summed E-state index contributed by atoms with van der Waals surface area (Å²) in [6, 6.07) is 4.28. The summed E-state index contributed by atoms with van der Waals surface area (Å²) in [5.74, 6) is 0.731. The molecule has 0 spiro atoms. The summed E-state index contributed by atoms with van der Waals surface area (Å²) in [5, 5.41) is 11.6. The predicted octanol–water partition coefficient (Wildman–Crippen LogP) is 4.89.